The molecule has 3 rings (SSSR count). The Morgan fingerprint density at radius 1 is 1.19 bits per heavy atom. The zero-order valence-corrected chi connectivity index (χ0v) is 12.2. The molecule has 1 unspecified atom stereocenters. The first-order chi connectivity index (χ1) is 9.97. The molecule has 1 aliphatic heterocycles. The molecule has 114 valence electrons. The number of aromatic hydroxyl groups is 1. The Morgan fingerprint density at radius 3 is 2.48 bits per heavy atom. The normalized spacial score (nSPS) is 18.8. The Balaban J connectivity index is 0.000000155. The van der Waals surface area contributed by atoms with Crippen molar-refractivity contribution in [3.05, 3.63) is 42.5 Å². The predicted molar refractivity (Wildman–Crippen MR) is 81.3 cm³/mol. The average molecular weight is 310 g/mol. The van der Waals surface area contributed by atoms with Crippen LogP contribution in [0.4, 0.5) is 0 Å². The summed E-state index contributed by atoms with van der Waals surface area (Å²) in [6, 6.07) is 13.3. The predicted octanol–water partition coefficient (Wildman–Crippen LogP) is 0.766. The highest BCUT2D eigenvalue weighted by molar-refractivity contribution is 7.89. The van der Waals surface area contributed by atoms with Crippen LogP contribution in [0, 0.1) is 0 Å². The van der Waals surface area contributed by atoms with Crippen LogP contribution in [0.3, 0.4) is 0 Å². The van der Waals surface area contributed by atoms with Crippen LogP contribution in [0.2, 0.25) is 0 Å². The van der Waals surface area contributed by atoms with Crippen molar-refractivity contribution in [2.45, 2.75) is 5.44 Å². The highest BCUT2D eigenvalue weighted by Crippen LogP contribution is 2.18. The fourth-order valence-electron chi connectivity index (χ4n) is 1.93. The maximum atomic E-state index is 10.6. The minimum absolute atomic E-state index is 0.291. The van der Waals surface area contributed by atoms with Crippen LogP contribution >= 0.6 is 0 Å². The second kappa shape index (κ2) is 6.86. The summed E-state index contributed by atoms with van der Waals surface area (Å²) >= 11 is 0. The van der Waals surface area contributed by atoms with E-state index in [0.717, 1.165) is 10.8 Å². The van der Waals surface area contributed by atoms with E-state index in [0.29, 0.717) is 25.4 Å². The first kappa shape index (κ1) is 15.7. The summed E-state index contributed by atoms with van der Waals surface area (Å²) in [6.45, 7) is 1.38. The molecule has 1 saturated heterocycles. The highest BCUT2D eigenvalue weighted by atomic mass is 32.2. The number of nitrogens with two attached hydrogens (primary N) is 1. The van der Waals surface area contributed by atoms with E-state index >= 15 is 0 Å². The SMILES string of the molecule is NS(=O)(=O)C1CNCCO1.Oc1ccc2ccccc2c1. The lowest BCUT2D eigenvalue weighted by Gasteiger charge is -2.21. The zero-order valence-electron chi connectivity index (χ0n) is 11.4. The number of hydrogen-bond donors (Lipinski definition) is 3. The number of rotatable bonds is 1. The van der Waals surface area contributed by atoms with Crippen molar-refractivity contribution in [2.75, 3.05) is 19.7 Å². The Bertz CT molecular complexity index is 697. The number of ether oxygens (including phenoxy) is 1. The van der Waals surface area contributed by atoms with Crippen LogP contribution in [0.15, 0.2) is 42.5 Å². The molecule has 0 radical (unpaired) electrons. The molecule has 4 N–H and O–H groups in total. The van der Waals surface area contributed by atoms with Crippen molar-refractivity contribution >= 4 is 20.8 Å². The number of benzene rings is 2. The summed E-state index contributed by atoms with van der Waals surface area (Å²) in [5.74, 6) is 0.323. The fourth-order valence-corrected chi connectivity index (χ4v) is 2.57. The first-order valence-corrected chi connectivity index (χ1v) is 8.09. The zero-order chi connectivity index (χ0) is 15.3. The molecule has 1 fully saturated rings. The van der Waals surface area contributed by atoms with Gasteiger partial charge in [0, 0.05) is 13.1 Å². The Kier molecular flexibility index (Phi) is 5.13. The van der Waals surface area contributed by atoms with Crippen molar-refractivity contribution in [2.24, 2.45) is 5.14 Å². The molecule has 1 atom stereocenters. The summed E-state index contributed by atoms with van der Waals surface area (Å²) < 4.78 is 26.1. The number of nitrogens with one attached hydrogen (secondary N) is 1. The van der Waals surface area contributed by atoms with Gasteiger partial charge >= 0.3 is 0 Å². The molecular weight excluding hydrogens is 292 g/mol. The van der Waals surface area contributed by atoms with Crippen molar-refractivity contribution in [3.8, 4) is 5.75 Å². The van der Waals surface area contributed by atoms with Crippen LogP contribution in [0.5, 0.6) is 5.75 Å². The van der Waals surface area contributed by atoms with Gasteiger partial charge in [-0.25, -0.2) is 13.6 Å². The molecule has 1 aliphatic rings. The van der Waals surface area contributed by atoms with E-state index in [1.807, 2.05) is 30.3 Å². The standard InChI is InChI=1S/C10H8O.C4H10N2O3S/c11-10-6-5-8-3-1-2-4-9(8)7-10;5-10(7,8)4-3-6-1-2-9-4/h1-7,11H;4,6H,1-3H2,(H2,5,7,8). The lowest BCUT2D eigenvalue weighted by Crippen LogP contribution is -2.45. The number of sulfonamides is 1. The molecule has 0 bridgehead atoms. The maximum absolute atomic E-state index is 10.6. The topological polar surface area (TPSA) is 102 Å². The molecule has 6 nitrogen and oxygen atoms in total. The van der Waals surface area contributed by atoms with E-state index in [-0.39, 0.29) is 0 Å². The van der Waals surface area contributed by atoms with Crippen molar-refractivity contribution in [3.63, 3.8) is 0 Å². The minimum atomic E-state index is -3.51. The van der Waals surface area contributed by atoms with Gasteiger partial charge in [0.2, 0.25) is 10.0 Å². The van der Waals surface area contributed by atoms with Gasteiger partial charge in [-0.2, -0.15) is 0 Å². The summed E-state index contributed by atoms with van der Waals surface area (Å²) in [6.07, 6.45) is 0. The Hall–Kier alpha value is -1.67. The molecule has 2 aromatic carbocycles. The molecule has 0 aliphatic carbocycles. The lowest BCUT2D eigenvalue weighted by molar-refractivity contribution is 0.0785. The van der Waals surface area contributed by atoms with Gasteiger partial charge in [0.15, 0.2) is 5.44 Å². The van der Waals surface area contributed by atoms with E-state index in [4.69, 9.17) is 15.0 Å². The van der Waals surface area contributed by atoms with Gasteiger partial charge < -0.3 is 15.2 Å². The maximum Gasteiger partial charge on any atom is 0.237 e. The van der Waals surface area contributed by atoms with Crippen LogP contribution < -0.4 is 10.5 Å². The number of phenols is 1. The van der Waals surface area contributed by atoms with Gasteiger partial charge in [-0.15, -0.1) is 0 Å². The van der Waals surface area contributed by atoms with E-state index in [1.165, 1.54) is 0 Å². The first-order valence-electron chi connectivity index (χ1n) is 6.48. The number of hydrogen-bond acceptors (Lipinski definition) is 5. The molecule has 0 aromatic heterocycles. The van der Waals surface area contributed by atoms with Crippen LogP contribution in [-0.4, -0.2) is 38.7 Å². The third-order valence-electron chi connectivity index (χ3n) is 2.99. The third kappa shape index (κ3) is 4.68. The van der Waals surface area contributed by atoms with Gasteiger partial charge in [0.25, 0.3) is 0 Å². The summed E-state index contributed by atoms with van der Waals surface area (Å²) in [7, 11) is -3.51. The van der Waals surface area contributed by atoms with Crippen LogP contribution in [0.1, 0.15) is 0 Å². The molecule has 21 heavy (non-hydrogen) atoms. The van der Waals surface area contributed by atoms with Gasteiger partial charge in [-0.05, 0) is 22.9 Å². The number of fused-ring (bicyclic) bond motifs is 1. The van der Waals surface area contributed by atoms with Crippen molar-refractivity contribution < 1.29 is 18.3 Å². The second-order valence-corrected chi connectivity index (χ2v) is 6.33. The highest BCUT2D eigenvalue weighted by Gasteiger charge is 2.23. The van der Waals surface area contributed by atoms with Gasteiger partial charge in [0.05, 0.1) is 6.61 Å². The van der Waals surface area contributed by atoms with E-state index in [2.05, 4.69) is 5.32 Å². The van der Waals surface area contributed by atoms with Crippen LogP contribution in [0.25, 0.3) is 10.8 Å². The fraction of sp³-hybridized carbons (Fsp3) is 0.286. The van der Waals surface area contributed by atoms with Crippen molar-refractivity contribution in [1.29, 1.82) is 0 Å². The molecule has 0 saturated carbocycles. The molecule has 0 amide bonds. The van der Waals surface area contributed by atoms with Crippen molar-refractivity contribution in [1.82, 2.24) is 5.32 Å². The van der Waals surface area contributed by atoms with Crippen LogP contribution in [-0.2, 0) is 14.8 Å². The second-order valence-electron chi connectivity index (χ2n) is 4.62. The summed E-state index contributed by atoms with van der Waals surface area (Å²) in [4.78, 5) is 0. The van der Waals surface area contributed by atoms with E-state index in [1.54, 1.807) is 12.1 Å². The average Bonchev–Trinajstić information content (AvgIpc) is 2.48. The number of phenolic OH excluding ortho intramolecular Hbond substituents is 1. The Morgan fingerprint density at radius 2 is 1.90 bits per heavy atom. The monoisotopic (exact) mass is 310 g/mol. The summed E-state index contributed by atoms with van der Waals surface area (Å²) in [5, 5.41) is 19.0. The number of morpholine rings is 1. The third-order valence-corrected chi connectivity index (χ3v) is 4.03. The minimum Gasteiger partial charge on any atom is -0.508 e. The summed E-state index contributed by atoms with van der Waals surface area (Å²) in [5.41, 5.74) is -0.860. The van der Waals surface area contributed by atoms with Gasteiger partial charge in [-0.1, -0.05) is 30.3 Å². The largest absolute Gasteiger partial charge is 0.508 e. The van der Waals surface area contributed by atoms with Gasteiger partial charge in [-0.3, -0.25) is 0 Å². The molecule has 1 heterocycles. The van der Waals surface area contributed by atoms with Gasteiger partial charge in [0.1, 0.15) is 5.75 Å². The molecular formula is C14H18N2O4S. The quantitative estimate of drug-likeness (QED) is 0.722. The van der Waals surface area contributed by atoms with E-state index in [9.17, 15) is 8.42 Å². The molecule has 7 heteroatoms. The molecule has 2 aromatic rings. The molecule has 0 spiro atoms. The van der Waals surface area contributed by atoms with E-state index < -0.39 is 15.5 Å². The lowest BCUT2D eigenvalue weighted by atomic mass is 10.1. The number of primary sulfonamides is 1. The smallest absolute Gasteiger partial charge is 0.237 e. The Labute approximate surface area is 123 Å².